The minimum Gasteiger partial charge on any atom is -0.486 e. The van der Waals surface area contributed by atoms with Crippen molar-refractivity contribution in [1.82, 2.24) is 14.9 Å². The molecule has 3 rings (SSSR count). The summed E-state index contributed by atoms with van der Waals surface area (Å²) >= 11 is 7.03. The molecule has 2 amide bonds. The second-order valence-corrected chi connectivity index (χ2v) is 12.1. The van der Waals surface area contributed by atoms with E-state index < -0.39 is 18.1 Å². The van der Waals surface area contributed by atoms with Crippen LogP contribution in [0, 0.1) is 11.8 Å². The van der Waals surface area contributed by atoms with Crippen molar-refractivity contribution in [2.45, 2.75) is 58.1 Å². The van der Waals surface area contributed by atoms with Gasteiger partial charge >= 0.3 is 0 Å². The molecule has 0 fully saturated rings. The molecule has 0 radical (unpaired) electrons. The number of carbonyl (C=O) groups is 2. The predicted molar refractivity (Wildman–Crippen MR) is 162 cm³/mol. The van der Waals surface area contributed by atoms with E-state index in [4.69, 9.17) is 21.1 Å². The second kappa shape index (κ2) is 18.1. The third kappa shape index (κ3) is 13.3. The molecule has 1 aliphatic heterocycles. The number of rotatable bonds is 13. The summed E-state index contributed by atoms with van der Waals surface area (Å²) in [6, 6.07) is 14.9. The predicted octanol–water partition coefficient (Wildman–Crippen LogP) is 4.53. The average molecular weight is 594 g/mol. The SMILES string of the molecule is CC(C)C.CC(C)CN(CC(O)C(Cc1ccccc1)NC(=O)CNC(=O)CCl)Sc1ccc2c(c1)OCCO2. The van der Waals surface area contributed by atoms with Gasteiger partial charge < -0.3 is 25.2 Å². The van der Waals surface area contributed by atoms with Gasteiger partial charge in [-0.15, -0.1) is 11.6 Å². The molecular weight excluding hydrogens is 550 g/mol. The summed E-state index contributed by atoms with van der Waals surface area (Å²) < 4.78 is 13.4. The summed E-state index contributed by atoms with van der Waals surface area (Å²) in [5.41, 5.74) is 0.988. The number of hydrogen-bond donors (Lipinski definition) is 3. The van der Waals surface area contributed by atoms with Gasteiger partial charge in [-0.25, -0.2) is 4.31 Å². The van der Waals surface area contributed by atoms with Crippen molar-refractivity contribution in [1.29, 1.82) is 0 Å². The van der Waals surface area contributed by atoms with Crippen LogP contribution in [-0.2, 0) is 16.0 Å². The maximum atomic E-state index is 12.5. The van der Waals surface area contributed by atoms with E-state index in [-0.39, 0.29) is 18.3 Å². The van der Waals surface area contributed by atoms with Gasteiger partial charge in [-0.1, -0.05) is 65.0 Å². The number of aliphatic hydroxyl groups excluding tert-OH is 1. The second-order valence-electron chi connectivity index (χ2n) is 10.7. The molecule has 0 bridgehead atoms. The van der Waals surface area contributed by atoms with Gasteiger partial charge in [0.25, 0.3) is 0 Å². The van der Waals surface area contributed by atoms with Gasteiger partial charge in [-0.2, -0.15) is 0 Å². The molecule has 1 aliphatic rings. The van der Waals surface area contributed by atoms with Crippen LogP contribution >= 0.6 is 23.5 Å². The van der Waals surface area contributed by atoms with Gasteiger partial charge in [0.1, 0.15) is 19.1 Å². The van der Waals surface area contributed by atoms with Gasteiger partial charge in [0.05, 0.1) is 18.7 Å². The zero-order chi connectivity index (χ0) is 29.5. The molecular formula is C30H44ClN3O5S. The minimum absolute atomic E-state index is 0.203. The number of alkyl halides is 1. The maximum absolute atomic E-state index is 12.5. The molecule has 222 valence electrons. The largest absolute Gasteiger partial charge is 0.486 e. The number of fused-ring (bicyclic) bond motifs is 1. The number of nitrogens with one attached hydrogen (secondary N) is 2. The van der Waals surface area contributed by atoms with Crippen molar-refractivity contribution in [3.8, 4) is 11.5 Å². The lowest BCUT2D eigenvalue weighted by Gasteiger charge is -2.30. The summed E-state index contributed by atoms with van der Waals surface area (Å²) in [6.45, 7) is 12.6. The van der Waals surface area contributed by atoms with Crippen molar-refractivity contribution < 1.29 is 24.2 Å². The Balaban J connectivity index is 0.00000131. The molecule has 10 heteroatoms. The lowest BCUT2D eigenvalue weighted by atomic mass is 10.0. The van der Waals surface area contributed by atoms with E-state index in [0.29, 0.717) is 37.8 Å². The standard InChI is InChI=1S/C26H34ClN3O5S.C4H10/c1-18(2)16-30(36-20-8-9-23-24(13-20)35-11-10-34-23)17-22(31)21(12-19-6-4-3-5-7-19)29-26(33)15-28-25(32)14-27;1-4(2)3/h3-9,13,18,21-22,31H,10-12,14-17H2,1-2H3,(H,28,32)(H,29,33);4H,1-3H3. The van der Waals surface area contributed by atoms with E-state index >= 15 is 0 Å². The molecule has 0 aromatic heterocycles. The van der Waals surface area contributed by atoms with Gasteiger partial charge in [-0.05, 0) is 54.0 Å². The van der Waals surface area contributed by atoms with Crippen LogP contribution < -0.4 is 20.1 Å². The normalized spacial score (nSPS) is 13.8. The molecule has 0 aliphatic carbocycles. The first-order chi connectivity index (χ1) is 19.1. The van der Waals surface area contributed by atoms with Crippen molar-refractivity contribution >= 4 is 35.4 Å². The van der Waals surface area contributed by atoms with Gasteiger partial charge in [-0.3, -0.25) is 9.59 Å². The number of hydrogen-bond acceptors (Lipinski definition) is 7. The molecule has 2 aromatic rings. The molecule has 3 N–H and O–H groups in total. The highest BCUT2D eigenvalue weighted by Crippen LogP contribution is 2.35. The lowest BCUT2D eigenvalue weighted by molar-refractivity contribution is -0.125. The quantitative estimate of drug-likeness (QED) is 0.232. The highest BCUT2D eigenvalue weighted by molar-refractivity contribution is 7.97. The number of nitrogens with zero attached hydrogens (tertiary/aromatic N) is 1. The smallest absolute Gasteiger partial charge is 0.239 e. The fourth-order valence-corrected chi connectivity index (χ4v) is 5.04. The fraction of sp³-hybridized carbons (Fsp3) is 0.533. The van der Waals surface area contributed by atoms with E-state index in [1.165, 1.54) is 11.9 Å². The average Bonchev–Trinajstić information content (AvgIpc) is 2.91. The molecule has 0 spiro atoms. The van der Waals surface area contributed by atoms with E-state index in [1.54, 1.807) is 0 Å². The van der Waals surface area contributed by atoms with Crippen LogP contribution in [0.5, 0.6) is 11.5 Å². The third-order valence-electron chi connectivity index (χ3n) is 5.38. The highest BCUT2D eigenvalue weighted by Gasteiger charge is 2.25. The maximum Gasteiger partial charge on any atom is 0.239 e. The monoisotopic (exact) mass is 593 g/mol. The van der Waals surface area contributed by atoms with E-state index in [0.717, 1.165) is 28.7 Å². The molecule has 1 heterocycles. The molecule has 8 nitrogen and oxygen atoms in total. The zero-order valence-corrected chi connectivity index (χ0v) is 25.8. The Hall–Kier alpha value is -2.46. The van der Waals surface area contributed by atoms with Crippen molar-refractivity contribution in [2.75, 3.05) is 38.7 Å². The van der Waals surface area contributed by atoms with E-state index in [1.807, 2.05) is 48.5 Å². The summed E-state index contributed by atoms with van der Waals surface area (Å²) in [6.07, 6.45) is -0.414. The number of benzene rings is 2. The summed E-state index contributed by atoms with van der Waals surface area (Å²) in [4.78, 5) is 24.9. The van der Waals surface area contributed by atoms with E-state index in [2.05, 4.69) is 49.6 Å². The minimum atomic E-state index is -0.860. The Morgan fingerprint density at radius 1 is 0.975 bits per heavy atom. The van der Waals surface area contributed by atoms with Crippen LogP contribution in [0.3, 0.4) is 0 Å². The van der Waals surface area contributed by atoms with Crippen LogP contribution in [0.2, 0.25) is 0 Å². The van der Waals surface area contributed by atoms with Crippen LogP contribution in [0.15, 0.2) is 53.4 Å². The Morgan fingerprint density at radius 2 is 1.62 bits per heavy atom. The third-order valence-corrected chi connectivity index (χ3v) is 6.65. The molecule has 2 aromatic carbocycles. The zero-order valence-electron chi connectivity index (χ0n) is 24.2. The fourth-order valence-electron chi connectivity index (χ4n) is 3.76. The van der Waals surface area contributed by atoms with Crippen molar-refractivity contribution in [3.05, 3.63) is 54.1 Å². The Bertz CT molecular complexity index is 1040. The molecule has 0 saturated carbocycles. The van der Waals surface area contributed by atoms with Crippen molar-refractivity contribution in [2.24, 2.45) is 11.8 Å². The highest BCUT2D eigenvalue weighted by atomic mass is 35.5. The number of carbonyl (C=O) groups excluding carboxylic acids is 2. The van der Waals surface area contributed by atoms with Crippen LogP contribution in [0.25, 0.3) is 0 Å². The topological polar surface area (TPSA) is 100 Å². The van der Waals surface area contributed by atoms with E-state index in [9.17, 15) is 14.7 Å². The number of halogens is 1. The molecule has 40 heavy (non-hydrogen) atoms. The number of ether oxygens (including phenoxy) is 2. The number of amides is 2. The van der Waals surface area contributed by atoms with Gasteiger partial charge in [0.2, 0.25) is 11.8 Å². The Labute approximate surface area is 248 Å². The Kier molecular flexibility index (Phi) is 15.2. The van der Waals surface area contributed by atoms with Gasteiger partial charge in [0.15, 0.2) is 11.5 Å². The molecule has 0 saturated heterocycles. The molecule has 2 unspecified atom stereocenters. The first kappa shape index (κ1) is 33.7. The summed E-state index contributed by atoms with van der Waals surface area (Å²) in [5, 5.41) is 16.6. The van der Waals surface area contributed by atoms with Crippen LogP contribution in [0.4, 0.5) is 0 Å². The van der Waals surface area contributed by atoms with Crippen LogP contribution in [-0.4, -0.2) is 72.1 Å². The summed E-state index contributed by atoms with van der Waals surface area (Å²) in [5.74, 6) is 1.60. The van der Waals surface area contributed by atoms with Gasteiger partial charge in [0, 0.05) is 18.0 Å². The lowest BCUT2D eigenvalue weighted by Crippen LogP contribution is -2.51. The first-order valence-electron chi connectivity index (χ1n) is 13.7. The molecule has 2 atom stereocenters. The van der Waals surface area contributed by atoms with Crippen molar-refractivity contribution in [3.63, 3.8) is 0 Å². The number of aliphatic hydroxyl groups is 1. The summed E-state index contributed by atoms with van der Waals surface area (Å²) in [7, 11) is 0. The van der Waals surface area contributed by atoms with Crippen LogP contribution in [0.1, 0.15) is 40.2 Å². The first-order valence-corrected chi connectivity index (χ1v) is 15.0. The Morgan fingerprint density at radius 3 is 2.25 bits per heavy atom.